The molecule has 5 rings (SSSR count). The van der Waals surface area contributed by atoms with Crippen LogP contribution in [0.5, 0.6) is 0 Å². The summed E-state index contributed by atoms with van der Waals surface area (Å²) in [4.78, 5) is 34.8. The Morgan fingerprint density at radius 2 is 1.66 bits per heavy atom. The van der Waals surface area contributed by atoms with Gasteiger partial charge in [0.15, 0.2) is 0 Å². The number of para-hydroxylation sites is 1. The van der Waals surface area contributed by atoms with Gasteiger partial charge in [-0.15, -0.1) is 0 Å². The number of nitrogens with one attached hydrogen (secondary N) is 1. The molecule has 1 saturated heterocycles. The zero-order chi connectivity index (χ0) is 21.9. The van der Waals surface area contributed by atoms with Crippen LogP contribution in [0.1, 0.15) is 33.6 Å². The third-order valence-corrected chi connectivity index (χ3v) is 6.49. The zero-order valence-corrected chi connectivity index (χ0v) is 18.2. The minimum absolute atomic E-state index is 0.0200. The van der Waals surface area contributed by atoms with Crippen molar-refractivity contribution in [1.29, 1.82) is 0 Å². The molecule has 0 unspecified atom stereocenters. The van der Waals surface area contributed by atoms with Crippen molar-refractivity contribution in [3.8, 4) is 0 Å². The summed E-state index contributed by atoms with van der Waals surface area (Å²) in [7, 11) is 0. The molecule has 0 radical (unpaired) electrons. The lowest BCUT2D eigenvalue weighted by Crippen LogP contribution is -2.51. The van der Waals surface area contributed by atoms with Crippen LogP contribution < -0.4 is 5.32 Å². The maximum Gasteiger partial charge on any atom is 0.254 e. The first-order valence-electron chi connectivity index (χ1n) is 11.4. The fourth-order valence-electron chi connectivity index (χ4n) is 4.78. The average Bonchev–Trinajstić information content (AvgIpc) is 3.30. The van der Waals surface area contributed by atoms with E-state index in [1.807, 2.05) is 59.5 Å². The molecule has 164 valence electrons. The number of aryl methyl sites for hydroxylation is 1. The predicted octanol–water partition coefficient (Wildman–Crippen LogP) is 2.80. The van der Waals surface area contributed by atoms with Crippen molar-refractivity contribution < 1.29 is 9.59 Å². The third kappa shape index (κ3) is 4.23. The number of benzene rings is 2. The van der Waals surface area contributed by atoms with Gasteiger partial charge in [0.25, 0.3) is 5.91 Å². The fourth-order valence-corrected chi connectivity index (χ4v) is 4.78. The normalized spacial score (nSPS) is 16.2. The summed E-state index contributed by atoms with van der Waals surface area (Å²) in [5.74, 6) is 0.126. The van der Waals surface area contributed by atoms with Gasteiger partial charge in [-0.1, -0.05) is 48.5 Å². The lowest BCUT2D eigenvalue weighted by atomic mass is 9.99. The van der Waals surface area contributed by atoms with E-state index in [4.69, 9.17) is 4.98 Å². The first-order valence-corrected chi connectivity index (χ1v) is 11.4. The highest BCUT2D eigenvalue weighted by molar-refractivity contribution is 6.07. The van der Waals surface area contributed by atoms with Crippen molar-refractivity contribution in [3.05, 3.63) is 77.0 Å². The standard InChI is InChI=1S/C26H28N4O2/c31-24(27-17-19-7-2-1-3-8-19)18-29-13-15-30(16-14-29)26(32)25-20-9-4-5-11-22(20)28-23-12-6-10-21(23)25/h1-5,7-9,11H,6,10,12-18H2,(H,27,31). The first-order chi connectivity index (χ1) is 15.7. The quantitative estimate of drug-likeness (QED) is 0.679. The molecule has 1 N–H and O–H groups in total. The molecule has 0 atom stereocenters. The molecule has 1 aromatic heterocycles. The van der Waals surface area contributed by atoms with Crippen LogP contribution in [0.3, 0.4) is 0 Å². The van der Waals surface area contributed by atoms with Gasteiger partial charge in [0.05, 0.1) is 17.6 Å². The van der Waals surface area contributed by atoms with Crippen LogP contribution >= 0.6 is 0 Å². The number of piperazine rings is 1. The first kappa shape index (κ1) is 20.6. The molecule has 1 fully saturated rings. The SMILES string of the molecule is O=C(CN1CCN(C(=O)c2c3c(nc4ccccc24)CCC3)CC1)NCc1ccccc1. The minimum atomic E-state index is 0.0200. The van der Waals surface area contributed by atoms with E-state index in [1.54, 1.807) is 0 Å². The number of fused-ring (bicyclic) bond motifs is 2. The minimum Gasteiger partial charge on any atom is -0.351 e. The van der Waals surface area contributed by atoms with Crippen molar-refractivity contribution in [2.45, 2.75) is 25.8 Å². The average molecular weight is 429 g/mol. The van der Waals surface area contributed by atoms with Gasteiger partial charge in [-0.2, -0.15) is 0 Å². The summed E-state index contributed by atoms with van der Waals surface area (Å²) in [6, 6.07) is 17.9. The Bertz CT molecular complexity index is 1140. The smallest absolute Gasteiger partial charge is 0.254 e. The van der Waals surface area contributed by atoms with Crippen LogP contribution in [-0.4, -0.2) is 59.3 Å². The molecule has 3 aromatic rings. The Morgan fingerprint density at radius 1 is 0.906 bits per heavy atom. The Morgan fingerprint density at radius 3 is 2.47 bits per heavy atom. The largest absolute Gasteiger partial charge is 0.351 e. The van der Waals surface area contributed by atoms with Gasteiger partial charge in [0.2, 0.25) is 5.91 Å². The van der Waals surface area contributed by atoms with Crippen molar-refractivity contribution >= 4 is 22.7 Å². The fraction of sp³-hybridized carbons (Fsp3) is 0.346. The third-order valence-electron chi connectivity index (χ3n) is 6.49. The number of rotatable bonds is 5. The number of pyridine rings is 1. The molecule has 2 aliphatic rings. The van der Waals surface area contributed by atoms with Crippen LogP contribution in [0.2, 0.25) is 0 Å². The van der Waals surface area contributed by atoms with Crippen LogP contribution in [0.15, 0.2) is 54.6 Å². The molecule has 6 nitrogen and oxygen atoms in total. The summed E-state index contributed by atoms with van der Waals surface area (Å²) in [5.41, 5.74) is 5.06. The molecule has 0 spiro atoms. The van der Waals surface area contributed by atoms with Gasteiger partial charge in [0, 0.05) is 43.8 Å². The molecule has 2 amide bonds. The van der Waals surface area contributed by atoms with E-state index in [-0.39, 0.29) is 11.8 Å². The molecule has 2 aromatic carbocycles. The number of hydrogen-bond acceptors (Lipinski definition) is 4. The molecule has 0 saturated carbocycles. The van der Waals surface area contributed by atoms with Crippen molar-refractivity contribution in [2.75, 3.05) is 32.7 Å². The van der Waals surface area contributed by atoms with Crippen LogP contribution in [-0.2, 0) is 24.2 Å². The summed E-state index contributed by atoms with van der Waals surface area (Å²) < 4.78 is 0. The van der Waals surface area contributed by atoms with E-state index in [0.29, 0.717) is 39.3 Å². The van der Waals surface area contributed by atoms with Gasteiger partial charge >= 0.3 is 0 Å². The van der Waals surface area contributed by atoms with Crippen LogP contribution in [0.4, 0.5) is 0 Å². The van der Waals surface area contributed by atoms with Gasteiger partial charge in [-0.3, -0.25) is 19.5 Å². The highest BCUT2D eigenvalue weighted by atomic mass is 16.2. The number of aromatic nitrogens is 1. The highest BCUT2D eigenvalue weighted by Gasteiger charge is 2.29. The molecular formula is C26H28N4O2. The number of nitrogens with zero attached hydrogens (tertiary/aromatic N) is 3. The monoisotopic (exact) mass is 428 g/mol. The van der Waals surface area contributed by atoms with E-state index >= 15 is 0 Å². The highest BCUT2D eigenvalue weighted by Crippen LogP contribution is 2.31. The Hall–Kier alpha value is -3.25. The molecular weight excluding hydrogens is 400 g/mol. The molecule has 32 heavy (non-hydrogen) atoms. The molecule has 2 heterocycles. The number of carbonyl (C=O) groups excluding carboxylic acids is 2. The summed E-state index contributed by atoms with van der Waals surface area (Å²) in [6.07, 6.45) is 2.94. The summed E-state index contributed by atoms with van der Waals surface area (Å²) >= 11 is 0. The van der Waals surface area contributed by atoms with E-state index in [0.717, 1.165) is 52.5 Å². The van der Waals surface area contributed by atoms with E-state index < -0.39 is 0 Å². The molecule has 6 heteroatoms. The van der Waals surface area contributed by atoms with Gasteiger partial charge in [0.1, 0.15) is 0 Å². The number of hydrogen-bond donors (Lipinski definition) is 1. The summed E-state index contributed by atoms with van der Waals surface area (Å²) in [5, 5.41) is 3.95. The van der Waals surface area contributed by atoms with Crippen LogP contribution in [0, 0.1) is 0 Å². The Kier molecular flexibility index (Phi) is 5.86. The van der Waals surface area contributed by atoms with Crippen molar-refractivity contribution in [2.24, 2.45) is 0 Å². The van der Waals surface area contributed by atoms with Gasteiger partial charge < -0.3 is 10.2 Å². The van der Waals surface area contributed by atoms with Crippen LogP contribution in [0.25, 0.3) is 10.9 Å². The van der Waals surface area contributed by atoms with Crippen molar-refractivity contribution in [3.63, 3.8) is 0 Å². The molecule has 1 aliphatic carbocycles. The lowest BCUT2D eigenvalue weighted by molar-refractivity contribution is -0.122. The lowest BCUT2D eigenvalue weighted by Gasteiger charge is -2.34. The van der Waals surface area contributed by atoms with E-state index in [9.17, 15) is 9.59 Å². The maximum atomic E-state index is 13.6. The second-order valence-corrected chi connectivity index (χ2v) is 8.61. The second kappa shape index (κ2) is 9.09. The molecule has 0 bridgehead atoms. The predicted molar refractivity (Wildman–Crippen MR) is 124 cm³/mol. The van der Waals surface area contributed by atoms with E-state index in [2.05, 4.69) is 10.2 Å². The summed E-state index contributed by atoms with van der Waals surface area (Å²) in [6.45, 7) is 3.58. The van der Waals surface area contributed by atoms with E-state index in [1.165, 1.54) is 0 Å². The maximum absolute atomic E-state index is 13.6. The van der Waals surface area contributed by atoms with Gasteiger partial charge in [-0.05, 0) is 36.5 Å². The van der Waals surface area contributed by atoms with Crippen molar-refractivity contribution in [1.82, 2.24) is 20.1 Å². The number of carbonyl (C=O) groups is 2. The number of amides is 2. The second-order valence-electron chi connectivity index (χ2n) is 8.61. The molecule has 1 aliphatic heterocycles. The topological polar surface area (TPSA) is 65.5 Å². The Balaban J connectivity index is 1.22. The Labute approximate surface area is 188 Å². The zero-order valence-electron chi connectivity index (χ0n) is 18.2. The van der Waals surface area contributed by atoms with Gasteiger partial charge in [-0.25, -0.2) is 0 Å².